The zero-order valence-electron chi connectivity index (χ0n) is 27.8. The summed E-state index contributed by atoms with van der Waals surface area (Å²) in [6, 6.07) is 54.1. The fraction of sp³-hybridized carbons (Fsp3) is 0.0222. The van der Waals surface area contributed by atoms with Crippen LogP contribution in [0.5, 0.6) is 0 Å². The van der Waals surface area contributed by atoms with Gasteiger partial charge in [-0.1, -0.05) is 121 Å². The van der Waals surface area contributed by atoms with Gasteiger partial charge in [0, 0.05) is 33.3 Å². The molecule has 0 N–H and O–H groups in total. The summed E-state index contributed by atoms with van der Waals surface area (Å²) in [4.78, 5) is 19.6. The van der Waals surface area contributed by atoms with Crippen molar-refractivity contribution in [3.8, 4) is 17.2 Å². The summed E-state index contributed by atoms with van der Waals surface area (Å²) in [7, 11) is 0. The first kappa shape index (κ1) is 30.2. The van der Waals surface area contributed by atoms with Gasteiger partial charge >= 0.3 is 0 Å². The molecule has 0 spiro atoms. The van der Waals surface area contributed by atoms with Crippen molar-refractivity contribution in [2.24, 2.45) is 9.98 Å². The highest BCUT2D eigenvalue weighted by Crippen LogP contribution is 2.40. The Hall–Kier alpha value is -6.92. The smallest absolute Gasteiger partial charge is 0.138 e. The zero-order chi connectivity index (χ0) is 34.1. The van der Waals surface area contributed by atoms with E-state index in [2.05, 4.69) is 111 Å². The highest BCUT2D eigenvalue weighted by atomic mass is 15.1. The fourth-order valence-corrected chi connectivity index (χ4v) is 7.11. The van der Waals surface area contributed by atoms with Crippen LogP contribution in [0, 0.1) is 0 Å². The minimum absolute atomic E-state index is 0.381. The lowest BCUT2D eigenvalue weighted by Gasteiger charge is -2.12. The van der Waals surface area contributed by atoms with E-state index in [1.807, 2.05) is 78.9 Å². The monoisotopic (exact) mass is 656 g/mol. The molecule has 0 aliphatic rings. The third-order valence-corrected chi connectivity index (χ3v) is 9.42. The molecule has 0 aliphatic heterocycles. The van der Waals surface area contributed by atoms with E-state index < -0.39 is 0 Å². The van der Waals surface area contributed by atoms with Crippen LogP contribution < -0.4 is 0 Å². The van der Waals surface area contributed by atoms with Crippen LogP contribution in [0.2, 0.25) is 0 Å². The molecule has 4 aromatic heterocycles. The third-order valence-electron chi connectivity index (χ3n) is 9.42. The number of hydrogen-bond acceptors (Lipinski definition) is 4. The molecule has 0 aliphatic carbocycles. The Morgan fingerprint density at radius 1 is 0.569 bits per heavy atom. The zero-order valence-corrected chi connectivity index (χ0v) is 27.8. The van der Waals surface area contributed by atoms with Gasteiger partial charge in [-0.3, -0.25) is 19.5 Å². The minimum Gasteiger partial charge on any atom is -0.318 e. The molecule has 9 aromatic rings. The molecule has 6 heteroatoms. The molecule has 5 aromatic carbocycles. The number of pyridine rings is 2. The number of rotatable bonds is 8. The van der Waals surface area contributed by atoms with Crippen molar-refractivity contribution in [1.29, 1.82) is 0 Å². The SMILES string of the molecule is C=N/C(=C\C(=N/Cn1c2ccccc2c2ccc3c4ccccc4n(-c4cccc(-c5ccccn5)n4)c3c21)c1ccccc1)c1ccccc1. The van der Waals surface area contributed by atoms with E-state index in [0.29, 0.717) is 6.67 Å². The molecule has 4 heterocycles. The van der Waals surface area contributed by atoms with Crippen LogP contribution in [0.4, 0.5) is 0 Å². The highest BCUT2D eigenvalue weighted by Gasteiger charge is 2.21. The predicted molar refractivity (Wildman–Crippen MR) is 212 cm³/mol. The molecule has 242 valence electrons. The maximum atomic E-state index is 5.35. The number of para-hydroxylation sites is 2. The second-order valence-electron chi connectivity index (χ2n) is 12.4. The number of fused-ring (bicyclic) bond motifs is 7. The second-order valence-corrected chi connectivity index (χ2v) is 12.4. The summed E-state index contributed by atoms with van der Waals surface area (Å²) in [6.45, 7) is 4.28. The van der Waals surface area contributed by atoms with Gasteiger partial charge in [0.25, 0.3) is 0 Å². The van der Waals surface area contributed by atoms with Gasteiger partial charge in [0.2, 0.25) is 0 Å². The second kappa shape index (κ2) is 12.8. The molecule has 0 bridgehead atoms. The molecular formula is C45H32N6. The van der Waals surface area contributed by atoms with Gasteiger partial charge < -0.3 is 4.57 Å². The Morgan fingerprint density at radius 3 is 1.92 bits per heavy atom. The van der Waals surface area contributed by atoms with Crippen molar-refractivity contribution < 1.29 is 0 Å². The summed E-state index contributed by atoms with van der Waals surface area (Å²) in [5, 5.41) is 4.65. The number of nitrogens with zero attached hydrogens (tertiary/aromatic N) is 6. The first-order valence-corrected chi connectivity index (χ1v) is 16.9. The van der Waals surface area contributed by atoms with Crippen molar-refractivity contribution in [2.45, 2.75) is 6.67 Å². The first-order valence-electron chi connectivity index (χ1n) is 16.9. The quantitative estimate of drug-likeness (QED) is 0.153. The number of hydrogen-bond donors (Lipinski definition) is 0. The number of allylic oxidation sites excluding steroid dienone is 1. The molecule has 0 saturated heterocycles. The largest absolute Gasteiger partial charge is 0.318 e. The average Bonchev–Trinajstić information content (AvgIpc) is 3.72. The Kier molecular flexibility index (Phi) is 7.59. The summed E-state index contributed by atoms with van der Waals surface area (Å²) < 4.78 is 4.64. The first-order chi connectivity index (χ1) is 25.3. The van der Waals surface area contributed by atoms with Crippen molar-refractivity contribution in [1.82, 2.24) is 19.1 Å². The molecule has 0 fully saturated rings. The molecule has 0 atom stereocenters. The van der Waals surface area contributed by atoms with Gasteiger partial charge in [0.1, 0.15) is 12.5 Å². The van der Waals surface area contributed by atoms with E-state index in [-0.39, 0.29) is 0 Å². The lowest BCUT2D eigenvalue weighted by molar-refractivity contribution is 0.794. The van der Waals surface area contributed by atoms with Crippen LogP contribution in [0.25, 0.3) is 66.5 Å². The van der Waals surface area contributed by atoms with E-state index in [9.17, 15) is 0 Å². The summed E-state index contributed by atoms with van der Waals surface area (Å²) in [5.74, 6) is 0.828. The molecule has 51 heavy (non-hydrogen) atoms. The Morgan fingerprint density at radius 2 is 1.20 bits per heavy atom. The highest BCUT2D eigenvalue weighted by molar-refractivity contribution is 6.23. The van der Waals surface area contributed by atoms with Gasteiger partial charge in [-0.15, -0.1) is 0 Å². The van der Waals surface area contributed by atoms with Gasteiger partial charge in [-0.05, 0) is 54.8 Å². The minimum atomic E-state index is 0.381. The van der Waals surface area contributed by atoms with Crippen molar-refractivity contribution >= 4 is 61.7 Å². The average molecular weight is 657 g/mol. The van der Waals surface area contributed by atoms with Crippen LogP contribution in [0.3, 0.4) is 0 Å². The molecule has 0 amide bonds. The summed E-state index contributed by atoms with van der Waals surface area (Å²) in [6.07, 6.45) is 3.84. The number of benzene rings is 5. The number of aromatic nitrogens is 4. The molecule has 0 unspecified atom stereocenters. The van der Waals surface area contributed by atoms with E-state index in [0.717, 1.165) is 78.0 Å². The lowest BCUT2D eigenvalue weighted by Crippen LogP contribution is -2.04. The molecule has 0 saturated carbocycles. The Labute approximate surface area is 295 Å². The van der Waals surface area contributed by atoms with Crippen LogP contribution >= 0.6 is 0 Å². The van der Waals surface area contributed by atoms with Crippen molar-refractivity contribution in [2.75, 3.05) is 0 Å². The van der Waals surface area contributed by atoms with E-state index >= 15 is 0 Å². The van der Waals surface area contributed by atoms with Crippen LogP contribution in [-0.4, -0.2) is 31.5 Å². The standard InChI is InChI=1S/C45H32N6/c1-46-39(31-15-4-2-5-16-31)29-40(32-17-6-3-7-18-32)48-30-50-41-23-10-8-19-33(41)35-26-27-36-34-20-9-11-24-42(34)51(45(36)44(35)50)43-25-14-22-38(49-43)37-21-12-13-28-47-37/h2-29H,1,30H2/b39-29-,48-40+. The summed E-state index contributed by atoms with van der Waals surface area (Å²) >= 11 is 0. The predicted octanol–water partition coefficient (Wildman–Crippen LogP) is 10.5. The molecular weight excluding hydrogens is 625 g/mol. The Bertz CT molecular complexity index is 2770. The van der Waals surface area contributed by atoms with E-state index in [1.165, 1.54) is 5.39 Å². The molecule has 6 nitrogen and oxygen atoms in total. The maximum Gasteiger partial charge on any atom is 0.138 e. The van der Waals surface area contributed by atoms with Crippen molar-refractivity contribution in [3.63, 3.8) is 0 Å². The van der Waals surface area contributed by atoms with Gasteiger partial charge in [-0.25, -0.2) is 4.98 Å². The van der Waals surface area contributed by atoms with Crippen molar-refractivity contribution in [3.05, 3.63) is 181 Å². The third kappa shape index (κ3) is 5.30. The molecule has 9 rings (SSSR count). The van der Waals surface area contributed by atoms with E-state index in [4.69, 9.17) is 9.98 Å². The maximum absolute atomic E-state index is 5.35. The summed E-state index contributed by atoms with van der Waals surface area (Å²) in [5.41, 5.74) is 9.61. The van der Waals surface area contributed by atoms with Crippen LogP contribution in [-0.2, 0) is 6.67 Å². The van der Waals surface area contributed by atoms with Gasteiger partial charge in [-0.2, -0.15) is 0 Å². The lowest BCUT2D eigenvalue weighted by atomic mass is 10.1. The number of aliphatic imine (C=N–C) groups is 2. The normalized spacial score (nSPS) is 12.3. The Balaban J connectivity index is 1.32. The van der Waals surface area contributed by atoms with E-state index in [1.54, 1.807) is 6.20 Å². The van der Waals surface area contributed by atoms with Gasteiger partial charge in [0.15, 0.2) is 0 Å². The topological polar surface area (TPSA) is 60.4 Å². The fourth-order valence-electron chi connectivity index (χ4n) is 7.11. The van der Waals surface area contributed by atoms with Crippen LogP contribution in [0.1, 0.15) is 11.1 Å². The van der Waals surface area contributed by atoms with Gasteiger partial charge in [0.05, 0.1) is 44.9 Å². The molecule has 0 radical (unpaired) electrons. The van der Waals surface area contributed by atoms with Crippen LogP contribution in [0.15, 0.2) is 180 Å².